The van der Waals surface area contributed by atoms with Gasteiger partial charge in [0.05, 0.1) is 0 Å². The quantitative estimate of drug-likeness (QED) is 0.571. The van der Waals surface area contributed by atoms with E-state index in [1.807, 2.05) is 59.7 Å². The third-order valence-electron chi connectivity index (χ3n) is 2.39. The molecule has 2 nitrogen and oxygen atoms in total. The highest BCUT2D eigenvalue weighted by Gasteiger charge is 2.34. The Morgan fingerprint density at radius 3 is 2.26 bits per heavy atom. The second-order valence-corrected chi connectivity index (χ2v) is 8.60. The second-order valence-electron chi connectivity index (χ2n) is 6.02. The summed E-state index contributed by atoms with van der Waals surface area (Å²) in [6.45, 7) is 11.5. The molecule has 0 saturated heterocycles. The van der Waals surface area contributed by atoms with Crippen LogP contribution in [0.4, 0.5) is 0 Å². The number of hydrogen-bond acceptors (Lipinski definition) is 3. The highest BCUT2D eigenvalue weighted by atomic mass is 79.9. The van der Waals surface area contributed by atoms with Crippen LogP contribution < -0.4 is 0 Å². The normalized spacial score (nSPS) is 12.4. The van der Waals surface area contributed by atoms with E-state index in [-0.39, 0.29) is 5.97 Å². The molecule has 0 amide bonds. The molecule has 1 rings (SSSR count). The summed E-state index contributed by atoms with van der Waals surface area (Å²) in [6.07, 6.45) is 0. The molecule has 0 spiro atoms. The summed E-state index contributed by atoms with van der Waals surface area (Å²) in [6, 6.07) is 6.06. The third kappa shape index (κ3) is 5.19. The van der Waals surface area contributed by atoms with Gasteiger partial charge in [0, 0.05) is 9.37 Å². The standard InChI is InChI=1S/C15H21BrO2S/c1-10-9-11(16)7-8-12(10)19-15(5,6)13(17)18-14(2,3)4/h7-9H,1-6H3. The number of aryl methyl sites for hydroxylation is 1. The number of esters is 1. The van der Waals surface area contributed by atoms with Crippen LogP contribution >= 0.6 is 27.7 Å². The van der Waals surface area contributed by atoms with Crippen LogP contribution in [-0.4, -0.2) is 16.3 Å². The number of ether oxygens (including phenoxy) is 1. The van der Waals surface area contributed by atoms with Crippen molar-refractivity contribution in [1.82, 2.24) is 0 Å². The highest BCUT2D eigenvalue weighted by molar-refractivity contribution is 9.10. The average molecular weight is 345 g/mol. The Hall–Kier alpha value is -0.480. The zero-order valence-electron chi connectivity index (χ0n) is 12.3. The van der Waals surface area contributed by atoms with E-state index < -0.39 is 10.3 Å². The van der Waals surface area contributed by atoms with E-state index in [1.54, 1.807) is 0 Å². The molecule has 4 heteroatoms. The second kappa shape index (κ2) is 5.88. The lowest BCUT2D eigenvalue weighted by Gasteiger charge is -2.28. The number of carbonyl (C=O) groups is 1. The van der Waals surface area contributed by atoms with Crippen LogP contribution in [0.1, 0.15) is 40.2 Å². The van der Waals surface area contributed by atoms with Gasteiger partial charge in [0.1, 0.15) is 10.3 Å². The molecule has 0 aliphatic rings. The van der Waals surface area contributed by atoms with E-state index in [2.05, 4.69) is 15.9 Å². The topological polar surface area (TPSA) is 26.3 Å². The first-order chi connectivity index (χ1) is 8.51. The van der Waals surface area contributed by atoms with Gasteiger partial charge in [0.2, 0.25) is 0 Å². The Kier molecular flexibility index (Phi) is 5.13. The van der Waals surface area contributed by atoms with Crippen molar-refractivity contribution in [3.05, 3.63) is 28.2 Å². The summed E-state index contributed by atoms with van der Waals surface area (Å²) in [4.78, 5) is 13.3. The van der Waals surface area contributed by atoms with Crippen LogP contribution in [0, 0.1) is 6.92 Å². The van der Waals surface area contributed by atoms with Gasteiger partial charge in [-0.25, -0.2) is 0 Å². The fourth-order valence-electron chi connectivity index (χ4n) is 1.44. The van der Waals surface area contributed by atoms with Gasteiger partial charge < -0.3 is 4.74 Å². The number of halogens is 1. The van der Waals surface area contributed by atoms with E-state index in [0.717, 1.165) is 14.9 Å². The van der Waals surface area contributed by atoms with E-state index >= 15 is 0 Å². The van der Waals surface area contributed by atoms with Gasteiger partial charge in [0.15, 0.2) is 0 Å². The summed E-state index contributed by atoms with van der Waals surface area (Å²) in [7, 11) is 0. The minimum Gasteiger partial charge on any atom is -0.459 e. The maximum Gasteiger partial charge on any atom is 0.322 e. The first kappa shape index (κ1) is 16.6. The van der Waals surface area contributed by atoms with Gasteiger partial charge in [0.25, 0.3) is 0 Å². The van der Waals surface area contributed by atoms with Crippen LogP contribution in [0.2, 0.25) is 0 Å². The lowest BCUT2D eigenvalue weighted by atomic mass is 10.1. The monoisotopic (exact) mass is 344 g/mol. The third-order valence-corrected chi connectivity index (χ3v) is 4.24. The molecule has 0 aliphatic carbocycles. The van der Waals surface area contributed by atoms with Crippen LogP contribution in [0.5, 0.6) is 0 Å². The fourth-order valence-corrected chi connectivity index (χ4v) is 2.95. The molecule has 0 aromatic heterocycles. The highest BCUT2D eigenvalue weighted by Crippen LogP contribution is 2.37. The Morgan fingerprint density at radius 2 is 1.79 bits per heavy atom. The summed E-state index contributed by atoms with van der Waals surface area (Å²) >= 11 is 4.98. The molecule has 0 fully saturated rings. The molecule has 0 unspecified atom stereocenters. The van der Waals surface area contributed by atoms with Crippen LogP contribution in [0.15, 0.2) is 27.6 Å². The number of carbonyl (C=O) groups excluding carboxylic acids is 1. The summed E-state index contributed by atoms with van der Waals surface area (Å²) < 4.78 is 5.91. The van der Waals surface area contributed by atoms with Gasteiger partial charge in [-0.05, 0) is 65.3 Å². The Labute approximate surface area is 128 Å². The van der Waals surface area contributed by atoms with Gasteiger partial charge >= 0.3 is 5.97 Å². The lowest BCUT2D eigenvalue weighted by molar-refractivity contribution is -0.156. The molecule has 19 heavy (non-hydrogen) atoms. The molecule has 0 aliphatic heterocycles. The molecule has 1 aromatic rings. The molecule has 0 N–H and O–H groups in total. The number of thioether (sulfide) groups is 1. The Morgan fingerprint density at radius 1 is 1.21 bits per heavy atom. The van der Waals surface area contributed by atoms with Gasteiger partial charge in [-0.2, -0.15) is 0 Å². The van der Waals surface area contributed by atoms with Crippen LogP contribution in [0.3, 0.4) is 0 Å². The van der Waals surface area contributed by atoms with E-state index in [0.29, 0.717) is 0 Å². The molecule has 1 aromatic carbocycles. The molecule has 0 radical (unpaired) electrons. The van der Waals surface area contributed by atoms with Crippen molar-refractivity contribution < 1.29 is 9.53 Å². The first-order valence-corrected chi connectivity index (χ1v) is 7.81. The van der Waals surface area contributed by atoms with Crippen LogP contribution in [-0.2, 0) is 9.53 Å². The Bertz CT molecular complexity index is 476. The van der Waals surface area contributed by atoms with Crippen molar-refractivity contribution in [2.75, 3.05) is 0 Å². The van der Waals surface area contributed by atoms with Crippen molar-refractivity contribution in [2.24, 2.45) is 0 Å². The van der Waals surface area contributed by atoms with Crippen molar-refractivity contribution in [2.45, 2.75) is 56.8 Å². The number of benzene rings is 1. The summed E-state index contributed by atoms with van der Waals surface area (Å²) in [5.41, 5.74) is 0.694. The fraction of sp³-hybridized carbons (Fsp3) is 0.533. The zero-order valence-corrected chi connectivity index (χ0v) is 14.7. The van der Waals surface area contributed by atoms with Gasteiger partial charge in [-0.15, -0.1) is 11.8 Å². The number of rotatable bonds is 3. The maximum absolute atomic E-state index is 12.2. The SMILES string of the molecule is Cc1cc(Br)ccc1SC(C)(C)C(=O)OC(C)(C)C. The van der Waals surface area contributed by atoms with Crippen molar-refractivity contribution in [1.29, 1.82) is 0 Å². The molecule has 0 saturated carbocycles. The summed E-state index contributed by atoms with van der Waals surface area (Å²) in [5.74, 6) is -0.188. The maximum atomic E-state index is 12.2. The zero-order chi connectivity index (χ0) is 14.8. The predicted molar refractivity (Wildman–Crippen MR) is 84.7 cm³/mol. The van der Waals surface area contributed by atoms with E-state index in [1.165, 1.54) is 11.8 Å². The van der Waals surface area contributed by atoms with E-state index in [9.17, 15) is 4.79 Å². The van der Waals surface area contributed by atoms with Crippen LogP contribution in [0.25, 0.3) is 0 Å². The van der Waals surface area contributed by atoms with Gasteiger partial charge in [-0.3, -0.25) is 4.79 Å². The minimum atomic E-state index is -0.605. The molecule has 0 heterocycles. The average Bonchev–Trinajstić information content (AvgIpc) is 2.19. The van der Waals surface area contributed by atoms with Crippen molar-refractivity contribution >= 4 is 33.7 Å². The molecular weight excluding hydrogens is 324 g/mol. The predicted octanol–water partition coefficient (Wildman–Crippen LogP) is 4.97. The van der Waals surface area contributed by atoms with Gasteiger partial charge in [-0.1, -0.05) is 15.9 Å². The van der Waals surface area contributed by atoms with E-state index in [4.69, 9.17) is 4.74 Å². The largest absolute Gasteiger partial charge is 0.459 e. The summed E-state index contributed by atoms with van der Waals surface area (Å²) in [5, 5.41) is 0. The molecule has 0 atom stereocenters. The molecule has 0 bridgehead atoms. The molecule has 106 valence electrons. The lowest BCUT2D eigenvalue weighted by Crippen LogP contribution is -2.36. The first-order valence-electron chi connectivity index (χ1n) is 6.20. The number of hydrogen-bond donors (Lipinski definition) is 0. The smallest absolute Gasteiger partial charge is 0.322 e. The van der Waals surface area contributed by atoms with Crippen molar-refractivity contribution in [3.63, 3.8) is 0 Å². The Balaban J connectivity index is 2.87. The minimum absolute atomic E-state index is 0.188. The van der Waals surface area contributed by atoms with Crippen molar-refractivity contribution in [3.8, 4) is 0 Å². The molecular formula is C15H21BrO2S.